The summed E-state index contributed by atoms with van der Waals surface area (Å²) in [7, 11) is 0. The van der Waals surface area contributed by atoms with Gasteiger partial charge in [0.1, 0.15) is 0 Å². The van der Waals surface area contributed by atoms with Crippen molar-refractivity contribution in [1.29, 1.82) is 0 Å². The highest BCUT2D eigenvalue weighted by molar-refractivity contribution is 5.10. The Labute approximate surface area is 83.7 Å². The highest BCUT2D eigenvalue weighted by Crippen LogP contribution is 2.53. The third kappa shape index (κ3) is 2.12. The van der Waals surface area contributed by atoms with Gasteiger partial charge in [0.25, 0.3) is 0 Å². The second kappa shape index (κ2) is 3.85. The molecule has 0 aliphatic carbocycles. The van der Waals surface area contributed by atoms with Gasteiger partial charge in [0.2, 0.25) is 0 Å². The number of hydrogen-bond donors (Lipinski definition) is 0. The molecular weight excluding hydrogens is 255 g/mol. The van der Waals surface area contributed by atoms with E-state index < -0.39 is 30.0 Å². The highest BCUT2D eigenvalue weighted by Gasteiger charge is 2.80. The molecule has 1 radical (unpaired) electrons. The van der Waals surface area contributed by atoms with E-state index in [0.717, 1.165) is 0 Å². The van der Waals surface area contributed by atoms with Gasteiger partial charge in [-0.15, -0.1) is 0 Å². The topological polar surface area (TPSA) is 0 Å². The molecule has 0 atom stereocenters. The predicted octanol–water partition coefficient (Wildman–Crippen LogP) is 3.84. The van der Waals surface area contributed by atoms with E-state index >= 15 is 0 Å². The molecule has 0 N–H and O–H groups in total. The van der Waals surface area contributed by atoms with Gasteiger partial charge in [-0.1, -0.05) is 6.08 Å². The summed E-state index contributed by atoms with van der Waals surface area (Å²) in [5.41, 5.74) is 0. The molecule has 0 aliphatic rings. The van der Waals surface area contributed by atoms with Gasteiger partial charge in [0.15, 0.2) is 0 Å². The lowest BCUT2D eigenvalue weighted by atomic mass is 10.0. The van der Waals surface area contributed by atoms with Crippen molar-refractivity contribution in [3.05, 3.63) is 19.1 Å². The van der Waals surface area contributed by atoms with E-state index in [1.807, 2.05) is 0 Å². The van der Waals surface area contributed by atoms with Gasteiger partial charge in [0.05, 0.1) is 0 Å². The van der Waals surface area contributed by atoms with Crippen molar-refractivity contribution in [3.63, 3.8) is 0 Å². The van der Waals surface area contributed by atoms with Gasteiger partial charge in [-0.3, -0.25) is 0 Å². The molecule has 16 heavy (non-hydrogen) atoms. The van der Waals surface area contributed by atoms with E-state index in [1.165, 1.54) is 0 Å². The maximum atomic E-state index is 12.4. The van der Waals surface area contributed by atoms with Crippen molar-refractivity contribution in [2.75, 3.05) is 0 Å². The molecule has 0 aromatic carbocycles. The first-order valence-corrected chi connectivity index (χ1v) is 3.48. The van der Waals surface area contributed by atoms with Crippen LogP contribution in [0.4, 0.5) is 39.5 Å². The van der Waals surface area contributed by atoms with Gasteiger partial charge in [-0.05, 0) is 13.0 Å². The van der Waals surface area contributed by atoms with Crippen molar-refractivity contribution >= 4 is 0 Å². The quantitative estimate of drug-likeness (QED) is 0.675. The van der Waals surface area contributed by atoms with Crippen LogP contribution >= 0.6 is 0 Å². The van der Waals surface area contributed by atoms with E-state index in [1.54, 1.807) is 0 Å². The van der Waals surface area contributed by atoms with Crippen LogP contribution in [0.15, 0.2) is 12.2 Å². The molecule has 0 aliphatic heterocycles. The number of hydrogen-bond acceptors (Lipinski definition) is 0. The molecule has 0 unspecified atom stereocenters. The normalized spacial score (nSPS) is 15.9. The monoisotopic (exact) mass is 259 g/mol. The van der Waals surface area contributed by atoms with Crippen molar-refractivity contribution < 1.29 is 39.5 Å². The maximum Gasteiger partial charge on any atom is 0.460 e. The number of halogens is 9. The zero-order chi connectivity index (χ0) is 13.4. The van der Waals surface area contributed by atoms with Gasteiger partial charge < -0.3 is 0 Å². The zero-order valence-electron chi connectivity index (χ0n) is 7.26. The van der Waals surface area contributed by atoms with Gasteiger partial charge in [-0.2, -0.15) is 39.5 Å². The van der Waals surface area contributed by atoms with Gasteiger partial charge in [0, 0.05) is 0 Å². The zero-order valence-corrected chi connectivity index (χ0v) is 7.26. The summed E-state index contributed by atoms with van der Waals surface area (Å²) in [5.74, 6) is -19.1. The molecule has 0 nitrogen and oxygen atoms in total. The van der Waals surface area contributed by atoms with Gasteiger partial charge >= 0.3 is 23.9 Å². The smallest absolute Gasteiger partial charge is 0.195 e. The van der Waals surface area contributed by atoms with Crippen LogP contribution in [0.25, 0.3) is 0 Å². The Morgan fingerprint density at radius 1 is 0.688 bits per heavy atom. The van der Waals surface area contributed by atoms with Crippen LogP contribution in [0, 0.1) is 6.92 Å². The van der Waals surface area contributed by atoms with Crippen molar-refractivity contribution in [2.24, 2.45) is 0 Å². The standard InChI is InChI=1S/C7H4F9/c1-2-3-4(8,9)5(10,11)6(12,13)7(14,15)16/h2-3H,1H2/b3-2+. The van der Waals surface area contributed by atoms with Crippen LogP contribution in [0.5, 0.6) is 0 Å². The predicted molar refractivity (Wildman–Crippen MR) is 35.4 cm³/mol. The van der Waals surface area contributed by atoms with Crippen LogP contribution in [0.2, 0.25) is 0 Å². The molecule has 0 fully saturated rings. The minimum absolute atomic E-state index is 0.000361. The van der Waals surface area contributed by atoms with Gasteiger partial charge in [-0.25, -0.2) is 0 Å². The summed E-state index contributed by atoms with van der Waals surface area (Å²) in [6, 6.07) is 0. The van der Waals surface area contributed by atoms with Crippen LogP contribution < -0.4 is 0 Å². The lowest BCUT2D eigenvalue weighted by molar-refractivity contribution is -0.388. The number of rotatable bonds is 3. The summed E-state index contributed by atoms with van der Waals surface area (Å²) in [4.78, 5) is 0. The van der Waals surface area contributed by atoms with E-state index in [0.29, 0.717) is 0 Å². The van der Waals surface area contributed by atoms with Crippen molar-refractivity contribution in [3.8, 4) is 0 Å². The first-order chi connectivity index (χ1) is 6.81. The largest absolute Gasteiger partial charge is 0.460 e. The summed E-state index contributed by atoms with van der Waals surface area (Å²) >= 11 is 0. The molecule has 0 heterocycles. The average Bonchev–Trinajstić information content (AvgIpc) is 2.01. The SMILES string of the molecule is [CH2]/C=C/C(F)(F)C(F)(F)C(F)(F)C(F)(F)F. The Hall–Kier alpha value is -0.890. The summed E-state index contributed by atoms with van der Waals surface area (Å²) < 4.78 is 108. The fourth-order valence-electron chi connectivity index (χ4n) is 0.640. The summed E-state index contributed by atoms with van der Waals surface area (Å²) in [6.45, 7) is 2.51. The maximum absolute atomic E-state index is 12.4. The number of allylic oxidation sites excluding steroid dienone is 2. The van der Waals surface area contributed by atoms with E-state index in [9.17, 15) is 39.5 Å². The minimum Gasteiger partial charge on any atom is -0.195 e. The molecule has 9 heteroatoms. The van der Waals surface area contributed by atoms with Crippen molar-refractivity contribution in [2.45, 2.75) is 23.9 Å². The lowest BCUT2D eigenvalue weighted by Crippen LogP contribution is -2.60. The Morgan fingerprint density at radius 2 is 1.06 bits per heavy atom. The molecule has 0 bridgehead atoms. The molecule has 0 aromatic rings. The third-order valence-electron chi connectivity index (χ3n) is 1.50. The Morgan fingerprint density at radius 3 is 1.31 bits per heavy atom. The summed E-state index contributed by atoms with van der Waals surface area (Å²) in [6.07, 6.45) is -7.61. The fraction of sp³-hybridized carbons (Fsp3) is 0.571. The van der Waals surface area contributed by atoms with Crippen molar-refractivity contribution in [1.82, 2.24) is 0 Å². The third-order valence-corrected chi connectivity index (χ3v) is 1.50. The van der Waals surface area contributed by atoms with E-state index in [-0.39, 0.29) is 6.08 Å². The molecule has 0 rings (SSSR count). The van der Waals surface area contributed by atoms with Crippen LogP contribution in [0.3, 0.4) is 0 Å². The molecule has 0 amide bonds. The minimum atomic E-state index is -6.84. The Bertz CT molecular complexity index is 272. The van der Waals surface area contributed by atoms with Crippen LogP contribution in [-0.4, -0.2) is 23.9 Å². The van der Waals surface area contributed by atoms with E-state index in [4.69, 9.17) is 0 Å². The molecule has 95 valence electrons. The second-order valence-electron chi connectivity index (χ2n) is 2.67. The molecule has 0 saturated heterocycles. The highest BCUT2D eigenvalue weighted by atomic mass is 19.4. The Balaban J connectivity index is 5.52. The second-order valence-corrected chi connectivity index (χ2v) is 2.67. The number of alkyl halides is 9. The van der Waals surface area contributed by atoms with Crippen LogP contribution in [0.1, 0.15) is 0 Å². The lowest BCUT2D eigenvalue weighted by Gasteiger charge is -2.32. The molecule has 0 spiro atoms. The molecule has 0 aromatic heterocycles. The van der Waals surface area contributed by atoms with E-state index in [2.05, 4.69) is 6.92 Å². The molecular formula is C7H4F9. The summed E-state index contributed by atoms with van der Waals surface area (Å²) in [5, 5.41) is 0. The average molecular weight is 259 g/mol. The fourth-order valence-corrected chi connectivity index (χ4v) is 0.640. The first kappa shape index (κ1) is 15.1. The van der Waals surface area contributed by atoms with Crippen LogP contribution in [-0.2, 0) is 0 Å². The molecule has 0 saturated carbocycles. The Kier molecular flexibility index (Phi) is 3.63. The first-order valence-electron chi connectivity index (χ1n) is 3.48.